The SMILES string of the molecule is CNC(=O)C1CCCN1C(=O)CNC(=O)c1sc(-c2cccc(Cl)c2)nc1C. The lowest BCUT2D eigenvalue weighted by Gasteiger charge is -2.23. The van der Waals surface area contributed by atoms with Crippen LogP contribution in [-0.4, -0.2) is 53.8 Å². The van der Waals surface area contributed by atoms with E-state index in [-0.39, 0.29) is 24.3 Å². The number of nitrogens with zero attached hydrogens (tertiary/aromatic N) is 2. The second kappa shape index (κ2) is 8.70. The molecule has 2 aromatic rings. The summed E-state index contributed by atoms with van der Waals surface area (Å²) in [6.07, 6.45) is 1.41. The van der Waals surface area contributed by atoms with Gasteiger partial charge in [-0.1, -0.05) is 23.7 Å². The molecule has 1 aliphatic heterocycles. The van der Waals surface area contributed by atoms with Crippen molar-refractivity contribution in [2.45, 2.75) is 25.8 Å². The highest BCUT2D eigenvalue weighted by Gasteiger charge is 2.33. The summed E-state index contributed by atoms with van der Waals surface area (Å²) in [4.78, 5) is 43.3. The van der Waals surface area contributed by atoms with Crippen LogP contribution >= 0.6 is 22.9 Å². The Morgan fingerprint density at radius 2 is 2.14 bits per heavy atom. The molecule has 2 N–H and O–H groups in total. The Kier molecular flexibility index (Phi) is 6.31. The van der Waals surface area contributed by atoms with Gasteiger partial charge in [0.25, 0.3) is 5.91 Å². The second-order valence-electron chi connectivity index (χ2n) is 6.49. The van der Waals surface area contributed by atoms with Gasteiger partial charge in [-0.3, -0.25) is 14.4 Å². The molecular weight excluding hydrogens is 400 g/mol. The zero-order valence-electron chi connectivity index (χ0n) is 15.6. The van der Waals surface area contributed by atoms with Gasteiger partial charge < -0.3 is 15.5 Å². The topological polar surface area (TPSA) is 91.4 Å². The van der Waals surface area contributed by atoms with Gasteiger partial charge in [-0.2, -0.15) is 0 Å². The van der Waals surface area contributed by atoms with E-state index in [1.54, 1.807) is 26.1 Å². The summed E-state index contributed by atoms with van der Waals surface area (Å²) in [5.74, 6) is -0.800. The van der Waals surface area contributed by atoms with E-state index in [0.29, 0.717) is 33.6 Å². The molecule has 3 amide bonds. The average molecular weight is 421 g/mol. The molecule has 28 heavy (non-hydrogen) atoms. The number of rotatable bonds is 5. The van der Waals surface area contributed by atoms with E-state index in [4.69, 9.17) is 11.6 Å². The number of likely N-dealkylation sites (tertiary alicyclic amines) is 1. The molecule has 0 saturated carbocycles. The third-order valence-corrected chi connectivity index (χ3v) is 6.04. The third-order valence-electron chi connectivity index (χ3n) is 4.60. The Balaban J connectivity index is 1.65. The molecule has 1 aromatic carbocycles. The van der Waals surface area contributed by atoms with Gasteiger partial charge in [-0.25, -0.2) is 4.98 Å². The number of hydrogen-bond acceptors (Lipinski definition) is 5. The summed E-state index contributed by atoms with van der Waals surface area (Å²) in [6, 6.07) is 6.80. The van der Waals surface area contributed by atoms with Crippen LogP contribution in [0.2, 0.25) is 5.02 Å². The van der Waals surface area contributed by atoms with Gasteiger partial charge in [0.2, 0.25) is 11.8 Å². The van der Waals surface area contributed by atoms with E-state index in [1.165, 1.54) is 16.2 Å². The fourth-order valence-electron chi connectivity index (χ4n) is 3.19. The van der Waals surface area contributed by atoms with Crippen LogP contribution in [0.1, 0.15) is 28.2 Å². The van der Waals surface area contributed by atoms with Gasteiger partial charge in [0.05, 0.1) is 12.2 Å². The molecule has 1 atom stereocenters. The third kappa shape index (κ3) is 4.34. The van der Waals surface area contributed by atoms with Crippen LogP contribution < -0.4 is 10.6 Å². The number of amides is 3. The first kappa shape index (κ1) is 20.3. The molecule has 7 nitrogen and oxygen atoms in total. The van der Waals surface area contributed by atoms with Crippen LogP contribution in [0.3, 0.4) is 0 Å². The highest BCUT2D eigenvalue weighted by molar-refractivity contribution is 7.17. The monoisotopic (exact) mass is 420 g/mol. The first-order valence-electron chi connectivity index (χ1n) is 8.93. The largest absolute Gasteiger partial charge is 0.357 e. The first-order chi connectivity index (χ1) is 13.4. The standard InChI is InChI=1S/C19H21ClN4O3S/c1-11-16(28-19(23-11)12-5-3-6-13(20)9-12)18(27)22-10-15(25)24-8-4-7-14(24)17(26)21-2/h3,5-6,9,14H,4,7-8,10H2,1-2H3,(H,21,26)(H,22,27). The number of thiazole rings is 1. The molecule has 1 aromatic heterocycles. The van der Waals surface area contributed by atoms with Crippen LogP contribution in [0.5, 0.6) is 0 Å². The summed E-state index contributed by atoms with van der Waals surface area (Å²) >= 11 is 7.27. The summed E-state index contributed by atoms with van der Waals surface area (Å²) in [6.45, 7) is 2.12. The molecular formula is C19H21ClN4O3S. The van der Waals surface area contributed by atoms with Gasteiger partial charge in [0, 0.05) is 24.2 Å². The Hall–Kier alpha value is -2.45. The predicted molar refractivity (Wildman–Crippen MR) is 108 cm³/mol. The first-order valence-corrected chi connectivity index (χ1v) is 10.1. The minimum Gasteiger partial charge on any atom is -0.357 e. The molecule has 0 spiro atoms. The van der Waals surface area contributed by atoms with Crippen molar-refractivity contribution >= 4 is 40.7 Å². The van der Waals surface area contributed by atoms with E-state index in [1.807, 2.05) is 12.1 Å². The molecule has 2 heterocycles. The van der Waals surface area contributed by atoms with Crippen LogP contribution in [0, 0.1) is 6.92 Å². The number of likely N-dealkylation sites (N-methyl/N-ethyl adjacent to an activating group) is 1. The van der Waals surface area contributed by atoms with Crippen LogP contribution in [0.4, 0.5) is 0 Å². The van der Waals surface area contributed by atoms with E-state index in [2.05, 4.69) is 15.6 Å². The van der Waals surface area contributed by atoms with Gasteiger partial charge >= 0.3 is 0 Å². The number of nitrogens with one attached hydrogen (secondary N) is 2. The summed E-state index contributed by atoms with van der Waals surface area (Å²) < 4.78 is 0. The lowest BCUT2D eigenvalue weighted by molar-refractivity contribution is -0.137. The summed E-state index contributed by atoms with van der Waals surface area (Å²) in [5, 5.41) is 6.51. The van der Waals surface area contributed by atoms with Crippen LogP contribution in [-0.2, 0) is 9.59 Å². The lowest BCUT2D eigenvalue weighted by atomic mass is 10.2. The number of carbonyl (C=O) groups excluding carboxylic acids is 3. The van der Waals surface area contributed by atoms with Gasteiger partial charge in [-0.15, -0.1) is 11.3 Å². The highest BCUT2D eigenvalue weighted by Crippen LogP contribution is 2.29. The van der Waals surface area contributed by atoms with Crippen molar-refractivity contribution in [3.05, 3.63) is 39.9 Å². The quantitative estimate of drug-likeness (QED) is 0.776. The van der Waals surface area contributed by atoms with Crippen LogP contribution in [0.15, 0.2) is 24.3 Å². The van der Waals surface area contributed by atoms with Crippen molar-refractivity contribution in [1.82, 2.24) is 20.5 Å². The second-order valence-corrected chi connectivity index (χ2v) is 7.92. The number of aromatic nitrogens is 1. The molecule has 0 bridgehead atoms. The van der Waals surface area contributed by atoms with E-state index in [0.717, 1.165) is 12.0 Å². The van der Waals surface area contributed by atoms with Crippen molar-refractivity contribution in [3.63, 3.8) is 0 Å². The van der Waals surface area contributed by atoms with E-state index < -0.39 is 6.04 Å². The van der Waals surface area contributed by atoms with E-state index >= 15 is 0 Å². The van der Waals surface area contributed by atoms with Crippen molar-refractivity contribution in [2.24, 2.45) is 0 Å². The number of benzene rings is 1. The molecule has 0 radical (unpaired) electrons. The molecule has 1 saturated heterocycles. The highest BCUT2D eigenvalue weighted by atomic mass is 35.5. The fraction of sp³-hybridized carbons (Fsp3) is 0.368. The molecule has 1 aliphatic rings. The number of carbonyl (C=O) groups is 3. The molecule has 0 aliphatic carbocycles. The van der Waals surface area contributed by atoms with Crippen molar-refractivity contribution in [3.8, 4) is 10.6 Å². The maximum Gasteiger partial charge on any atom is 0.263 e. The van der Waals surface area contributed by atoms with Crippen molar-refractivity contribution < 1.29 is 14.4 Å². The van der Waals surface area contributed by atoms with Crippen LogP contribution in [0.25, 0.3) is 10.6 Å². The fourth-order valence-corrected chi connectivity index (χ4v) is 4.36. The maximum absolute atomic E-state index is 12.6. The number of aryl methyl sites for hydroxylation is 1. The smallest absolute Gasteiger partial charge is 0.263 e. The van der Waals surface area contributed by atoms with E-state index in [9.17, 15) is 14.4 Å². The van der Waals surface area contributed by atoms with Gasteiger partial charge in [0.1, 0.15) is 15.9 Å². The molecule has 3 rings (SSSR count). The molecule has 1 unspecified atom stereocenters. The molecule has 9 heteroatoms. The molecule has 1 fully saturated rings. The molecule has 148 valence electrons. The lowest BCUT2D eigenvalue weighted by Crippen LogP contribution is -2.48. The number of halogens is 1. The maximum atomic E-state index is 12.6. The summed E-state index contributed by atoms with van der Waals surface area (Å²) in [5.41, 5.74) is 1.43. The summed E-state index contributed by atoms with van der Waals surface area (Å²) in [7, 11) is 1.55. The minimum atomic E-state index is -0.464. The van der Waals surface area contributed by atoms with Crippen molar-refractivity contribution in [1.29, 1.82) is 0 Å². The van der Waals surface area contributed by atoms with Gasteiger partial charge in [0.15, 0.2) is 0 Å². The zero-order valence-corrected chi connectivity index (χ0v) is 17.2. The predicted octanol–water partition coefficient (Wildman–Crippen LogP) is 2.24. The Morgan fingerprint density at radius 3 is 2.86 bits per heavy atom. The minimum absolute atomic E-state index is 0.157. The van der Waals surface area contributed by atoms with Crippen molar-refractivity contribution in [2.75, 3.05) is 20.1 Å². The normalized spacial score (nSPS) is 16.1. The van der Waals surface area contributed by atoms with Gasteiger partial charge in [-0.05, 0) is 31.9 Å². The Bertz CT molecular complexity index is 914. The Labute approximate surface area is 172 Å². The average Bonchev–Trinajstić information content (AvgIpc) is 3.32. The zero-order chi connectivity index (χ0) is 20.3. The Morgan fingerprint density at radius 1 is 1.36 bits per heavy atom. The number of hydrogen-bond donors (Lipinski definition) is 2.